The van der Waals surface area contributed by atoms with E-state index in [0.29, 0.717) is 12.3 Å². The zero-order chi connectivity index (χ0) is 24.8. The fourth-order valence-corrected chi connectivity index (χ4v) is 7.92. The van der Waals surface area contributed by atoms with Crippen molar-refractivity contribution in [1.29, 1.82) is 0 Å². The summed E-state index contributed by atoms with van der Waals surface area (Å²) in [5.74, 6) is -0.819. The third-order valence-corrected chi connectivity index (χ3v) is 9.42. The number of fused-ring (bicyclic) bond motifs is 5. The SMILES string of the molecule is [2H]C1([2H])C[C@@]2(C)C(C[C@@H](O)[C@H]3[C@@H]4CC[C@H]([C@H](C)CCC(=O)O)[C@@]4(C)CC[C@@H]32)C([2H])([2H])[C@]1([2H])O. The van der Waals surface area contributed by atoms with Crippen LogP contribution in [0, 0.1) is 46.3 Å². The summed E-state index contributed by atoms with van der Waals surface area (Å²) in [5.41, 5.74) is -0.773. The van der Waals surface area contributed by atoms with Crippen molar-refractivity contribution in [2.75, 3.05) is 0 Å². The van der Waals surface area contributed by atoms with Gasteiger partial charge in [0.1, 0.15) is 0 Å². The van der Waals surface area contributed by atoms with Gasteiger partial charge in [-0.2, -0.15) is 0 Å². The zero-order valence-corrected chi connectivity index (χ0v) is 17.4. The normalized spacial score (nSPS) is 60.5. The van der Waals surface area contributed by atoms with Crippen LogP contribution >= 0.6 is 0 Å². The Kier molecular flexibility index (Phi) is 3.95. The van der Waals surface area contributed by atoms with Gasteiger partial charge in [0, 0.05) is 11.9 Å². The van der Waals surface area contributed by atoms with E-state index in [1.54, 1.807) is 0 Å². The first-order chi connectivity index (χ1) is 15.0. The second-order valence-electron chi connectivity index (χ2n) is 10.6. The van der Waals surface area contributed by atoms with E-state index in [9.17, 15) is 15.0 Å². The zero-order valence-electron chi connectivity index (χ0n) is 22.4. The maximum absolute atomic E-state index is 11.4. The molecular weight excluding hydrogens is 352 g/mol. The number of aliphatic carboxylic acids is 1. The van der Waals surface area contributed by atoms with Crippen molar-refractivity contribution in [3.63, 3.8) is 0 Å². The van der Waals surface area contributed by atoms with Crippen LogP contribution in [0.2, 0.25) is 0 Å². The standard InChI is InChI=1S/C24H40O4/c1-14(4-7-21(27)28)17-5-6-18-22-19(9-11-24(17,18)3)23(2)10-8-16(25)12-15(23)13-20(22)26/h14-20,22,25-26H,4-13H2,1-3H3,(H,27,28)/t14-,15?,16-,17-,18+,19+,20-,22+,23+,24-/m1/s1/i8D2,12D2,16D. The Morgan fingerprint density at radius 3 is 2.61 bits per heavy atom. The topological polar surface area (TPSA) is 77.8 Å². The van der Waals surface area contributed by atoms with E-state index in [1.165, 1.54) is 0 Å². The second kappa shape index (κ2) is 7.27. The molecule has 0 bridgehead atoms. The molecule has 160 valence electrons. The second-order valence-corrected chi connectivity index (χ2v) is 10.6. The molecule has 4 aliphatic rings. The van der Waals surface area contributed by atoms with Gasteiger partial charge in [0.2, 0.25) is 0 Å². The molecule has 4 saturated carbocycles. The summed E-state index contributed by atoms with van der Waals surface area (Å²) >= 11 is 0. The molecule has 0 radical (unpaired) electrons. The molecule has 4 fully saturated rings. The highest BCUT2D eigenvalue weighted by Crippen LogP contribution is 2.68. The van der Waals surface area contributed by atoms with Crippen molar-refractivity contribution in [2.45, 2.75) is 97.1 Å². The summed E-state index contributed by atoms with van der Waals surface area (Å²) in [6.07, 6.45) is -4.04. The lowest BCUT2D eigenvalue weighted by Crippen LogP contribution is -2.58. The lowest BCUT2D eigenvalue weighted by molar-refractivity contribution is -0.174. The summed E-state index contributed by atoms with van der Waals surface area (Å²) in [6, 6.07) is 0. The number of hydrogen-bond acceptors (Lipinski definition) is 3. The van der Waals surface area contributed by atoms with Crippen LogP contribution in [0.5, 0.6) is 0 Å². The molecule has 0 aromatic rings. The summed E-state index contributed by atoms with van der Waals surface area (Å²) in [5, 5.41) is 31.1. The first-order valence-electron chi connectivity index (χ1n) is 13.6. The number of carboxylic acids is 1. The predicted molar refractivity (Wildman–Crippen MR) is 109 cm³/mol. The van der Waals surface area contributed by atoms with Crippen molar-refractivity contribution >= 4 is 5.97 Å². The molecular formula is C24H40O4. The van der Waals surface area contributed by atoms with Gasteiger partial charge in [-0.25, -0.2) is 0 Å². The smallest absolute Gasteiger partial charge is 0.303 e. The van der Waals surface area contributed by atoms with Gasteiger partial charge >= 0.3 is 5.97 Å². The van der Waals surface area contributed by atoms with E-state index in [-0.39, 0.29) is 48.3 Å². The summed E-state index contributed by atoms with van der Waals surface area (Å²) in [7, 11) is 0. The van der Waals surface area contributed by atoms with Crippen molar-refractivity contribution in [1.82, 2.24) is 0 Å². The van der Waals surface area contributed by atoms with Gasteiger partial charge in [0.25, 0.3) is 0 Å². The lowest BCUT2D eigenvalue weighted by Gasteiger charge is -2.62. The molecule has 0 heterocycles. The van der Waals surface area contributed by atoms with Crippen molar-refractivity contribution in [3.8, 4) is 0 Å². The number of aliphatic hydroxyl groups excluding tert-OH is 1. The van der Waals surface area contributed by atoms with Gasteiger partial charge in [-0.3, -0.25) is 4.79 Å². The van der Waals surface area contributed by atoms with Crippen LogP contribution in [-0.2, 0) is 4.79 Å². The fraction of sp³-hybridized carbons (Fsp3) is 0.958. The Balaban J connectivity index is 1.66. The molecule has 10 atom stereocenters. The maximum Gasteiger partial charge on any atom is 0.303 e. The first kappa shape index (κ1) is 15.2. The van der Waals surface area contributed by atoms with Crippen molar-refractivity contribution in [3.05, 3.63) is 0 Å². The van der Waals surface area contributed by atoms with Crippen LogP contribution in [0.3, 0.4) is 0 Å². The first-order valence-corrected chi connectivity index (χ1v) is 11.1. The Morgan fingerprint density at radius 2 is 1.89 bits per heavy atom. The molecule has 0 spiro atoms. The minimum absolute atomic E-state index is 0.0217. The van der Waals surface area contributed by atoms with E-state index in [1.807, 2.05) is 6.92 Å². The third kappa shape index (κ3) is 3.14. The monoisotopic (exact) mass is 397 g/mol. The number of carbonyl (C=O) groups is 1. The van der Waals surface area contributed by atoms with Crippen LogP contribution in [-0.4, -0.2) is 33.5 Å². The third-order valence-electron chi connectivity index (χ3n) is 9.42. The molecule has 0 aliphatic heterocycles. The van der Waals surface area contributed by atoms with Crippen LogP contribution in [0.25, 0.3) is 0 Å². The van der Waals surface area contributed by atoms with Gasteiger partial charge in [-0.1, -0.05) is 20.8 Å². The van der Waals surface area contributed by atoms with Gasteiger partial charge in [0.05, 0.1) is 13.6 Å². The molecule has 4 aliphatic carbocycles. The molecule has 0 aromatic heterocycles. The van der Waals surface area contributed by atoms with Gasteiger partial charge < -0.3 is 15.3 Å². The molecule has 0 amide bonds. The Labute approximate surface area is 177 Å². The minimum Gasteiger partial charge on any atom is -0.481 e. The largest absolute Gasteiger partial charge is 0.481 e. The van der Waals surface area contributed by atoms with Crippen molar-refractivity contribution < 1.29 is 27.0 Å². The van der Waals surface area contributed by atoms with E-state index in [2.05, 4.69) is 13.8 Å². The van der Waals surface area contributed by atoms with E-state index in [0.717, 1.165) is 25.7 Å². The highest BCUT2D eigenvalue weighted by atomic mass is 16.4. The number of aliphatic hydroxyl groups is 2. The summed E-state index contributed by atoms with van der Waals surface area (Å²) < 4.78 is 42.3. The molecule has 3 N–H and O–H groups in total. The molecule has 0 aromatic carbocycles. The molecule has 4 heteroatoms. The average molecular weight is 398 g/mol. The molecule has 4 rings (SSSR count). The van der Waals surface area contributed by atoms with E-state index in [4.69, 9.17) is 12.0 Å². The molecule has 1 unspecified atom stereocenters. The fourth-order valence-electron chi connectivity index (χ4n) is 7.92. The maximum atomic E-state index is 11.4. The number of rotatable bonds is 4. The quantitative estimate of drug-likeness (QED) is 0.654. The molecule has 0 saturated heterocycles. The van der Waals surface area contributed by atoms with Gasteiger partial charge in [-0.15, -0.1) is 0 Å². The van der Waals surface area contributed by atoms with Crippen LogP contribution < -0.4 is 0 Å². The van der Waals surface area contributed by atoms with Crippen LogP contribution in [0.4, 0.5) is 0 Å². The molecule has 28 heavy (non-hydrogen) atoms. The van der Waals surface area contributed by atoms with Gasteiger partial charge in [0.15, 0.2) is 0 Å². The highest BCUT2D eigenvalue weighted by molar-refractivity contribution is 5.66. The minimum atomic E-state index is -2.86. The Hall–Kier alpha value is -0.610. The highest BCUT2D eigenvalue weighted by Gasteiger charge is 2.62. The van der Waals surface area contributed by atoms with E-state index < -0.39 is 42.2 Å². The Morgan fingerprint density at radius 1 is 1.18 bits per heavy atom. The average Bonchev–Trinajstić information content (AvgIpc) is 3.04. The number of carboxylic acid groups (broad SMARTS) is 1. The predicted octanol–water partition coefficient (Wildman–Crippen LogP) is 4.48. The van der Waals surface area contributed by atoms with Crippen LogP contribution in [0.15, 0.2) is 0 Å². The summed E-state index contributed by atoms with van der Waals surface area (Å²) in [6.45, 7) is 6.35. The van der Waals surface area contributed by atoms with Crippen LogP contribution in [0.1, 0.15) is 91.7 Å². The summed E-state index contributed by atoms with van der Waals surface area (Å²) in [4.78, 5) is 11.1. The number of hydrogen-bond donors (Lipinski definition) is 3. The van der Waals surface area contributed by atoms with Crippen molar-refractivity contribution in [2.24, 2.45) is 46.3 Å². The molecule has 4 nitrogen and oxygen atoms in total. The van der Waals surface area contributed by atoms with Gasteiger partial charge in [-0.05, 0) is 104 Å². The van der Waals surface area contributed by atoms with E-state index >= 15 is 0 Å². The Bertz CT molecular complexity index is 804. The lowest BCUT2D eigenvalue weighted by atomic mass is 9.43.